The predicted octanol–water partition coefficient (Wildman–Crippen LogP) is 3.21. The first-order chi connectivity index (χ1) is 5.04. The topological polar surface area (TPSA) is 58.9 Å². The molecule has 0 aliphatic heterocycles. The fourth-order valence-electron chi connectivity index (χ4n) is 0.540. The van der Waals surface area contributed by atoms with Crippen LogP contribution in [0.2, 0.25) is 0 Å². The summed E-state index contributed by atoms with van der Waals surface area (Å²) in [6.45, 7) is 0. The molecule has 0 amide bonds. The van der Waals surface area contributed by atoms with Crippen molar-refractivity contribution in [3.63, 3.8) is 0 Å². The van der Waals surface area contributed by atoms with Gasteiger partial charge in [-0.3, -0.25) is 0 Å². The molecule has 0 atom stereocenters. The summed E-state index contributed by atoms with van der Waals surface area (Å²) >= 11 is 9.29. The number of hydrogen-bond donors (Lipinski definition) is 1. The van der Waals surface area contributed by atoms with E-state index in [1.54, 1.807) is 0 Å². The molecule has 1 N–H and O–H groups in total. The molecule has 0 aliphatic rings. The molecule has 0 aromatic carbocycles. The minimum Gasteiger partial charge on any atom is -0.358 e. The van der Waals surface area contributed by atoms with Gasteiger partial charge in [0.1, 0.15) is 4.47 Å². The fraction of sp³-hybridized carbons (Fsp3) is 0. The summed E-state index contributed by atoms with van der Waals surface area (Å²) in [5, 5.41) is 10.3. The third-order valence-electron chi connectivity index (χ3n) is 1.00. The standard InChI is InChI=1S/C4HBr3N2O2/c5-1-2(6)4(9(10)11)8-3(1)7/h8H. The van der Waals surface area contributed by atoms with E-state index in [1.807, 2.05) is 0 Å². The lowest BCUT2D eigenvalue weighted by atomic mass is 10.6. The first-order valence-corrected chi connectivity index (χ1v) is 4.78. The summed E-state index contributed by atoms with van der Waals surface area (Å²) < 4.78 is 1.58. The molecule has 0 radical (unpaired) electrons. The van der Waals surface area contributed by atoms with Crippen LogP contribution in [-0.4, -0.2) is 9.91 Å². The zero-order chi connectivity index (χ0) is 8.59. The lowest BCUT2D eigenvalue weighted by Crippen LogP contribution is -1.87. The molecule has 60 valence electrons. The van der Waals surface area contributed by atoms with Gasteiger partial charge in [-0.25, -0.2) is 4.98 Å². The number of nitrogens with one attached hydrogen (secondary N) is 1. The Labute approximate surface area is 86.9 Å². The summed E-state index contributed by atoms with van der Waals surface area (Å²) in [4.78, 5) is 12.3. The van der Waals surface area contributed by atoms with Crippen molar-refractivity contribution in [1.82, 2.24) is 4.98 Å². The third-order valence-corrected chi connectivity index (χ3v) is 4.23. The molecule has 1 heterocycles. The van der Waals surface area contributed by atoms with E-state index in [4.69, 9.17) is 0 Å². The summed E-state index contributed by atoms with van der Waals surface area (Å²) in [5.74, 6) is -0.0660. The van der Waals surface area contributed by atoms with Crippen molar-refractivity contribution in [2.75, 3.05) is 0 Å². The van der Waals surface area contributed by atoms with Crippen LogP contribution >= 0.6 is 47.8 Å². The number of aromatic nitrogens is 1. The van der Waals surface area contributed by atoms with Gasteiger partial charge >= 0.3 is 5.82 Å². The van der Waals surface area contributed by atoms with Crippen molar-refractivity contribution in [2.45, 2.75) is 0 Å². The molecular formula is C4HBr3N2O2. The number of halogens is 3. The molecule has 0 aliphatic carbocycles. The van der Waals surface area contributed by atoms with Gasteiger partial charge < -0.3 is 10.1 Å². The lowest BCUT2D eigenvalue weighted by molar-refractivity contribution is -0.390. The highest BCUT2D eigenvalue weighted by molar-refractivity contribution is 9.14. The van der Waals surface area contributed by atoms with Gasteiger partial charge in [-0.15, -0.1) is 0 Å². The highest BCUT2D eigenvalue weighted by Gasteiger charge is 2.20. The Balaban J connectivity index is 3.29. The Bertz CT molecular complexity index is 309. The largest absolute Gasteiger partial charge is 0.358 e. The van der Waals surface area contributed by atoms with Crippen molar-refractivity contribution in [3.8, 4) is 0 Å². The van der Waals surface area contributed by atoms with Gasteiger partial charge in [0, 0.05) is 0 Å². The van der Waals surface area contributed by atoms with Crippen molar-refractivity contribution < 1.29 is 4.92 Å². The van der Waals surface area contributed by atoms with Crippen molar-refractivity contribution >= 4 is 53.6 Å². The van der Waals surface area contributed by atoms with Gasteiger partial charge in [-0.1, -0.05) is 0 Å². The monoisotopic (exact) mass is 346 g/mol. The highest BCUT2D eigenvalue weighted by Crippen LogP contribution is 2.37. The molecule has 0 saturated carbocycles. The van der Waals surface area contributed by atoms with Crippen molar-refractivity contribution in [3.05, 3.63) is 23.7 Å². The number of nitro groups is 1. The Hall–Kier alpha value is 0.120. The Morgan fingerprint density at radius 1 is 1.27 bits per heavy atom. The molecule has 0 bridgehead atoms. The zero-order valence-corrected chi connectivity index (χ0v) is 9.66. The van der Waals surface area contributed by atoms with Gasteiger partial charge in [-0.05, 0) is 52.7 Å². The van der Waals surface area contributed by atoms with Crippen molar-refractivity contribution in [2.24, 2.45) is 0 Å². The van der Waals surface area contributed by atoms with Crippen LogP contribution in [-0.2, 0) is 0 Å². The molecule has 11 heavy (non-hydrogen) atoms. The quantitative estimate of drug-likeness (QED) is 0.626. The maximum Gasteiger partial charge on any atom is 0.337 e. The number of nitrogens with zero attached hydrogens (tertiary/aromatic N) is 1. The van der Waals surface area contributed by atoms with Crippen LogP contribution in [0, 0.1) is 10.1 Å². The maximum atomic E-state index is 10.3. The van der Waals surface area contributed by atoms with E-state index in [0.29, 0.717) is 13.5 Å². The van der Waals surface area contributed by atoms with Crippen LogP contribution in [0.3, 0.4) is 0 Å². The van der Waals surface area contributed by atoms with Gasteiger partial charge in [0.05, 0.1) is 4.47 Å². The first-order valence-electron chi connectivity index (χ1n) is 2.41. The number of rotatable bonds is 1. The van der Waals surface area contributed by atoms with E-state index in [2.05, 4.69) is 52.8 Å². The van der Waals surface area contributed by atoms with E-state index in [9.17, 15) is 10.1 Å². The second kappa shape index (κ2) is 3.24. The summed E-state index contributed by atoms with van der Waals surface area (Å²) in [5.41, 5.74) is 0. The molecule has 7 heteroatoms. The number of hydrogen-bond acceptors (Lipinski definition) is 2. The fourth-order valence-corrected chi connectivity index (χ4v) is 1.92. The molecule has 1 aromatic rings. The summed E-state index contributed by atoms with van der Waals surface area (Å²) in [7, 11) is 0. The van der Waals surface area contributed by atoms with Gasteiger partial charge in [0.15, 0.2) is 4.60 Å². The van der Waals surface area contributed by atoms with E-state index in [0.717, 1.165) is 0 Å². The SMILES string of the molecule is O=[N+]([O-])c1[nH]c(Br)c(Br)c1Br. The second-order valence-corrected chi connectivity index (χ2v) is 4.05. The van der Waals surface area contributed by atoms with E-state index in [-0.39, 0.29) is 5.82 Å². The first kappa shape index (κ1) is 9.21. The average Bonchev–Trinajstić information content (AvgIpc) is 2.17. The molecule has 0 unspecified atom stereocenters. The highest BCUT2D eigenvalue weighted by atomic mass is 79.9. The van der Waals surface area contributed by atoms with E-state index < -0.39 is 4.92 Å². The molecule has 4 nitrogen and oxygen atoms in total. The van der Waals surface area contributed by atoms with Crippen LogP contribution in [0.5, 0.6) is 0 Å². The molecular weight excluding hydrogens is 348 g/mol. The molecule has 0 saturated heterocycles. The smallest absolute Gasteiger partial charge is 0.337 e. The van der Waals surface area contributed by atoms with Gasteiger partial charge in [0.25, 0.3) is 0 Å². The average molecular weight is 349 g/mol. The van der Waals surface area contributed by atoms with Crippen LogP contribution in [0.25, 0.3) is 0 Å². The summed E-state index contributed by atoms with van der Waals surface area (Å²) in [6.07, 6.45) is 0. The van der Waals surface area contributed by atoms with Gasteiger partial charge in [-0.2, -0.15) is 0 Å². The third kappa shape index (κ3) is 1.65. The minimum atomic E-state index is -0.500. The van der Waals surface area contributed by atoms with Crippen molar-refractivity contribution in [1.29, 1.82) is 0 Å². The molecule has 1 rings (SSSR count). The van der Waals surface area contributed by atoms with E-state index in [1.165, 1.54) is 0 Å². The van der Waals surface area contributed by atoms with Crippen LogP contribution in [0.4, 0.5) is 5.82 Å². The lowest BCUT2D eigenvalue weighted by Gasteiger charge is -1.88. The van der Waals surface area contributed by atoms with Crippen LogP contribution < -0.4 is 0 Å². The minimum absolute atomic E-state index is 0.0660. The second-order valence-electron chi connectivity index (χ2n) is 1.67. The number of H-pyrrole nitrogens is 1. The van der Waals surface area contributed by atoms with Crippen LogP contribution in [0.15, 0.2) is 13.5 Å². The molecule has 0 fully saturated rings. The van der Waals surface area contributed by atoms with Gasteiger partial charge in [0.2, 0.25) is 0 Å². The molecule has 1 aromatic heterocycles. The number of aromatic amines is 1. The summed E-state index contributed by atoms with van der Waals surface area (Å²) in [6, 6.07) is 0. The maximum absolute atomic E-state index is 10.3. The Morgan fingerprint density at radius 2 is 1.82 bits per heavy atom. The predicted molar refractivity (Wildman–Crippen MR) is 50.5 cm³/mol. The normalized spacial score (nSPS) is 10.1. The van der Waals surface area contributed by atoms with E-state index >= 15 is 0 Å². The Kier molecular flexibility index (Phi) is 2.71. The Morgan fingerprint density at radius 3 is 2.00 bits per heavy atom. The zero-order valence-electron chi connectivity index (χ0n) is 4.90. The van der Waals surface area contributed by atoms with Crippen LogP contribution in [0.1, 0.15) is 0 Å². The molecule has 0 spiro atoms.